The first kappa shape index (κ1) is 18.1. The summed E-state index contributed by atoms with van der Waals surface area (Å²) in [5.74, 6) is -0.225. The lowest BCUT2D eigenvalue weighted by Gasteiger charge is -2.10. The minimum Gasteiger partial charge on any atom is -0.411 e. The number of hydrogen-bond donors (Lipinski definition) is 1. The van der Waals surface area contributed by atoms with E-state index >= 15 is 0 Å². The smallest absolute Gasteiger partial charge is 0.277 e. The number of nitrogens with one attached hydrogen (secondary N) is 1. The summed E-state index contributed by atoms with van der Waals surface area (Å²) in [6.45, 7) is 5.39. The Balaban J connectivity index is 1.64. The number of amides is 1. The predicted molar refractivity (Wildman–Crippen MR) is 99.6 cm³/mol. The SMILES string of the molecule is Cc1ccc(-c2nnc(S[C@H](C)C(=O)Nc3ccc(C)c(F)c3)o2)cc1. The van der Waals surface area contributed by atoms with Gasteiger partial charge in [0.2, 0.25) is 11.8 Å². The number of hydrogen-bond acceptors (Lipinski definition) is 5. The average Bonchev–Trinajstić information content (AvgIpc) is 3.07. The molecule has 1 N–H and O–H groups in total. The molecule has 1 atom stereocenters. The molecule has 0 aliphatic carbocycles. The molecule has 0 radical (unpaired) electrons. The van der Waals surface area contributed by atoms with E-state index in [9.17, 15) is 9.18 Å². The first-order valence-electron chi connectivity index (χ1n) is 8.06. The highest BCUT2D eigenvalue weighted by atomic mass is 32.2. The van der Waals surface area contributed by atoms with Crippen LogP contribution in [0.5, 0.6) is 0 Å². The number of carbonyl (C=O) groups excluding carboxylic acids is 1. The van der Waals surface area contributed by atoms with E-state index in [0.717, 1.165) is 22.9 Å². The molecule has 5 nitrogen and oxygen atoms in total. The van der Waals surface area contributed by atoms with E-state index in [0.29, 0.717) is 22.4 Å². The Kier molecular flexibility index (Phi) is 5.37. The Hall–Kier alpha value is -2.67. The molecule has 0 fully saturated rings. The summed E-state index contributed by atoms with van der Waals surface area (Å²) in [4.78, 5) is 12.3. The summed E-state index contributed by atoms with van der Waals surface area (Å²) in [5.41, 5.74) is 2.90. The van der Waals surface area contributed by atoms with Gasteiger partial charge in [-0.2, -0.15) is 0 Å². The predicted octanol–water partition coefficient (Wildman–Crippen LogP) is 4.61. The van der Waals surface area contributed by atoms with Gasteiger partial charge >= 0.3 is 0 Å². The highest BCUT2D eigenvalue weighted by Gasteiger charge is 2.19. The number of benzene rings is 2. The Morgan fingerprint density at radius 3 is 2.58 bits per heavy atom. The zero-order chi connectivity index (χ0) is 18.7. The summed E-state index contributed by atoms with van der Waals surface area (Å²) in [7, 11) is 0. The maximum Gasteiger partial charge on any atom is 0.277 e. The van der Waals surface area contributed by atoms with Gasteiger partial charge in [0, 0.05) is 11.3 Å². The van der Waals surface area contributed by atoms with Gasteiger partial charge in [0.1, 0.15) is 5.82 Å². The van der Waals surface area contributed by atoms with E-state index < -0.39 is 5.25 Å². The van der Waals surface area contributed by atoms with E-state index in [1.54, 1.807) is 26.0 Å². The molecule has 1 amide bonds. The van der Waals surface area contributed by atoms with Crippen LogP contribution < -0.4 is 5.32 Å². The maximum absolute atomic E-state index is 13.6. The molecule has 0 saturated heterocycles. The van der Waals surface area contributed by atoms with E-state index in [1.165, 1.54) is 6.07 Å². The van der Waals surface area contributed by atoms with E-state index in [1.807, 2.05) is 31.2 Å². The van der Waals surface area contributed by atoms with Crippen LogP contribution in [-0.4, -0.2) is 21.4 Å². The lowest BCUT2D eigenvalue weighted by atomic mass is 10.1. The van der Waals surface area contributed by atoms with Crippen molar-refractivity contribution >= 4 is 23.4 Å². The van der Waals surface area contributed by atoms with Gasteiger partial charge in [-0.3, -0.25) is 4.79 Å². The molecule has 134 valence electrons. The fourth-order valence-corrected chi connectivity index (χ4v) is 2.87. The minimum atomic E-state index is -0.481. The van der Waals surface area contributed by atoms with Gasteiger partial charge in [-0.1, -0.05) is 35.5 Å². The molecular weight excluding hydrogens is 353 g/mol. The Bertz CT molecular complexity index is 925. The van der Waals surface area contributed by atoms with Crippen LogP contribution in [0.3, 0.4) is 0 Å². The number of anilines is 1. The molecule has 3 aromatic rings. The van der Waals surface area contributed by atoms with Crippen molar-refractivity contribution in [3.8, 4) is 11.5 Å². The Morgan fingerprint density at radius 1 is 1.15 bits per heavy atom. The largest absolute Gasteiger partial charge is 0.411 e. The van der Waals surface area contributed by atoms with Crippen molar-refractivity contribution in [2.45, 2.75) is 31.2 Å². The fourth-order valence-electron chi connectivity index (χ4n) is 2.19. The molecular formula is C19H18FN3O2S. The van der Waals surface area contributed by atoms with Gasteiger partial charge in [-0.15, -0.1) is 10.2 Å². The second-order valence-corrected chi connectivity index (χ2v) is 7.24. The number of aromatic nitrogens is 2. The van der Waals surface area contributed by atoms with Crippen molar-refractivity contribution in [1.29, 1.82) is 0 Å². The van der Waals surface area contributed by atoms with Crippen molar-refractivity contribution < 1.29 is 13.6 Å². The molecule has 0 aliphatic heterocycles. The van der Waals surface area contributed by atoms with Crippen LogP contribution in [0.1, 0.15) is 18.1 Å². The highest BCUT2D eigenvalue weighted by Crippen LogP contribution is 2.27. The number of halogens is 1. The van der Waals surface area contributed by atoms with Gasteiger partial charge in [-0.25, -0.2) is 4.39 Å². The van der Waals surface area contributed by atoms with E-state index in [2.05, 4.69) is 15.5 Å². The lowest BCUT2D eigenvalue weighted by Crippen LogP contribution is -2.22. The van der Waals surface area contributed by atoms with Crippen LogP contribution in [0.15, 0.2) is 52.1 Å². The van der Waals surface area contributed by atoms with Crippen LogP contribution in [0, 0.1) is 19.7 Å². The number of rotatable bonds is 5. The number of thioether (sulfide) groups is 1. The molecule has 0 aliphatic rings. The number of carbonyl (C=O) groups is 1. The first-order valence-corrected chi connectivity index (χ1v) is 8.94. The van der Waals surface area contributed by atoms with Gasteiger partial charge in [0.05, 0.1) is 5.25 Å². The maximum atomic E-state index is 13.6. The summed E-state index contributed by atoms with van der Waals surface area (Å²) in [6, 6.07) is 12.3. The zero-order valence-corrected chi connectivity index (χ0v) is 15.4. The van der Waals surface area contributed by atoms with Crippen molar-refractivity contribution in [2.75, 3.05) is 5.32 Å². The van der Waals surface area contributed by atoms with Crippen LogP contribution >= 0.6 is 11.8 Å². The summed E-state index contributed by atoms with van der Waals surface area (Å²) in [5, 5.41) is 10.5. The molecule has 26 heavy (non-hydrogen) atoms. The molecule has 0 unspecified atom stereocenters. The van der Waals surface area contributed by atoms with Crippen molar-refractivity contribution in [3.05, 3.63) is 59.4 Å². The second kappa shape index (κ2) is 7.70. The zero-order valence-electron chi connectivity index (χ0n) is 14.6. The van der Waals surface area contributed by atoms with Gasteiger partial charge in [0.25, 0.3) is 5.22 Å². The van der Waals surface area contributed by atoms with Gasteiger partial charge < -0.3 is 9.73 Å². The Labute approximate surface area is 155 Å². The molecule has 0 saturated carbocycles. The third-order valence-corrected chi connectivity index (χ3v) is 4.73. The molecule has 7 heteroatoms. The molecule has 1 heterocycles. The normalized spacial score (nSPS) is 12.0. The number of nitrogens with zero attached hydrogens (tertiary/aromatic N) is 2. The summed E-state index contributed by atoms with van der Waals surface area (Å²) < 4.78 is 19.2. The van der Waals surface area contributed by atoms with Gasteiger partial charge in [-0.05, 0) is 50.6 Å². The summed E-state index contributed by atoms with van der Waals surface area (Å²) in [6.07, 6.45) is 0. The standard InChI is InChI=1S/C19H18FN3O2S/c1-11-4-7-14(8-5-11)18-22-23-19(25-18)26-13(3)17(24)21-15-9-6-12(2)16(20)10-15/h4-10,13H,1-3H3,(H,21,24)/t13-/m1/s1. The average molecular weight is 371 g/mol. The monoisotopic (exact) mass is 371 g/mol. The summed E-state index contributed by atoms with van der Waals surface area (Å²) >= 11 is 1.15. The van der Waals surface area contributed by atoms with Crippen LogP contribution in [0.4, 0.5) is 10.1 Å². The molecule has 0 spiro atoms. The quantitative estimate of drug-likeness (QED) is 0.663. The highest BCUT2D eigenvalue weighted by molar-refractivity contribution is 8.00. The van der Waals surface area contributed by atoms with E-state index in [4.69, 9.17) is 4.42 Å². The molecule has 3 rings (SSSR count). The fraction of sp³-hybridized carbons (Fsp3) is 0.211. The second-order valence-electron chi connectivity index (χ2n) is 5.95. The first-order chi connectivity index (χ1) is 12.4. The lowest BCUT2D eigenvalue weighted by molar-refractivity contribution is -0.115. The van der Waals surface area contributed by atoms with Crippen molar-refractivity contribution in [2.24, 2.45) is 0 Å². The third-order valence-electron chi connectivity index (χ3n) is 3.79. The number of aryl methyl sites for hydroxylation is 2. The minimum absolute atomic E-state index is 0.270. The third kappa shape index (κ3) is 4.29. The van der Waals surface area contributed by atoms with Crippen molar-refractivity contribution in [3.63, 3.8) is 0 Å². The topological polar surface area (TPSA) is 68.0 Å². The van der Waals surface area contributed by atoms with Gasteiger partial charge in [0.15, 0.2) is 0 Å². The van der Waals surface area contributed by atoms with Crippen molar-refractivity contribution in [1.82, 2.24) is 10.2 Å². The van der Waals surface area contributed by atoms with Crippen LogP contribution in [0.2, 0.25) is 0 Å². The molecule has 0 bridgehead atoms. The van der Waals surface area contributed by atoms with E-state index in [-0.39, 0.29) is 11.7 Å². The van der Waals surface area contributed by atoms with Crippen LogP contribution in [0.25, 0.3) is 11.5 Å². The molecule has 2 aromatic carbocycles. The van der Waals surface area contributed by atoms with Crippen LogP contribution in [-0.2, 0) is 4.79 Å². The molecule has 1 aromatic heterocycles. The Morgan fingerprint density at radius 2 is 1.88 bits per heavy atom.